The molecule has 9 heteroatoms. The molecule has 3 amide bonds. The molecule has 0 aliphatic heterocycles. The number of hydrogen-bond acceptors (Lipinski definition) is 5. The number of ether oxygens (including phenoxy) is 1. The Labute approximate surface area is 151 Å². The molecule has 0 spiro atoms. The fourth-order valence-corrected chi connectivity index (χ4v) is 1.81. The molecule has 0 fully saturated rings. The molecule has 0 saturated heterocycles. The molecule has 4 N–H and O–H groups in total. The summed E-state index contributed by atoms with van der Waals surface area (Å²) in [6, 6.07) is 6.06. The summed E-state index contributed by atoms with van der Waals surface area (Å²) in [5, 5.41) is 15.7. The maximum atomic E-state index is 12.0. The third-order valence-electron chi connectivity index (χ3n) is 3.42. The first-order chi connectivity index (χ1) is 12.2. The highest BCUT2D eigenvalue weighted by molar-refractivity contribution is 5.92. The minimum Gasteiger partial charge on any atom is -0.480 e. The van der Waals surface area contributed by atoms with Crippen LogP contribution >= 0.6 is 0 Å². The van der Waals surface area contributed by atoms with E-state index in [1.807, 2.05) is 18.2 Å². The first kappa shape index (κ1) is 20.9. The van der Waals surface area contributed by atoms with E-state index >= 15 is 0 Å². The van der Waals surface area contributed by atoms with Gasteiger partial charge in [-0.25, -0.2) is 4.79 Å². The van der Waals surface area contributed by atoms with Gasteiger partial charge in [-0.15, -0.1) is 0 Å². The van der Waals surface area contributed by atoms with Crippen molar-refractivity contribution < 1.29 is 29.0 Å². The molecule has 0 aliphatic carbocycles. The van der Waals surface area contributed by atoms with Gasteiger partial charge in [-0.1, -0.05) is 30.3 Å². The summed E-state index contributed by atoms with van der Waals surface area (Å²) in [6.45, 7) is 4.21. The van der Waals surface area contributed by atoms with Crippen LogP contribution in [0.15, 0.2) is 30.3 Å². The number of benzene rings is 1. The number of rotatable bonds is 8. The number of carboxylic acid groups (broad SMARTS) is 1. The van der Waals surface area contributed by atoms with Crippen molar-refractivity contribution in [2.75, 3.05) is 0 Å². The van der Waals surface area contributed by atoms with Crippen molar-refractivity contribution >= 4 is 23.9 Å². The van der Waals surface area contributed by atoms with Crippen molar-refractivity contribution in [3.8, 4) is 0 Å². The van der Waals surface area contributed by atoms with Gasteiger partial charge in [0.25, 0.3) is 0 Å². The van der Waals surface area contributed by atoms with E-state index in [9.17, 15) is 19.2 Å². The number of hydrogen-bond donors (Lipinski definition) is 4. The third-order valence-corrected chi connectivity index (χ3v) is 3.42. The van der Waals surface area contributed by atoms with Crippen LogP contribution in [0.4, 0.5) is 4.79 Å². The van der Waals surface area contributed by atoms with Gasteiger partial charge in [0, 0.05) is 0 Å². The largest absolute Gasteiger partial charge is 0.480 e. The van der Waals surface area contributed by atoms with Crippen molar-refractivity contribution in [1.29, 1.82) is 0 Å². The molecule has 0 unspecified atom stereocenters. The van der Waals surface area contributed by atoms with Crippen LogP contribution in [0.2, 0.25) is 0 Å². The van der Waals surface area contributed by atoms with Gasteiger partial charge in [0.2, 0.25) is 11.8 Å². The summed E-state index contributed by atoms with van der Waals surface area (Å²) in [7, 11) is 0. The van der Waals surface area contributed by atoms with Gasteiger partial charge in [0.1, 0.15) is 24.7 Å². The Kier molecular flexibility index (Phi) is 8.07. The van der Waals surface area contributed by atoms with E-state index in [2.05, 4.69) is 16.0 Å². The second-order valence-corrected chi connectivity index (χ2v) is 5.73. The van der Waals surface area contributed by atoms with E-state index in [1.54, 1.807) is 12.1 Å². The summed E-state index contributed by atoms with van der Waals surface area (Å²) in [6.07, 6.45) is -0.770. The zero-order valence-electron chi connectivity index (χ0n) is 14.8. The fraction of sp³-hybridized carbons (Fsp3) is 0.412. The highest BCUT2D eigenvalue weighted by atomic mass is 16.5. The van der Waals surface area contributed by atoms with E-state index in [0.717, 1.165) is 5.56 Å². The predicted octanol–water partition coefficient (Wildman–Crippen LogP) is 0.395. The van der Waals surface area contributed by atoms with E-state index < -0.39 is 42.0 Å². The minimum atomic E-state index is -1.19. The first-order valence-electron chi connectivity index (χ1n) is 8.01. The molecule has 0 aliphatic rings. The summed E-state index contributed by atoms with van der Waals surface area (Å²) in [5.41, 5.74) is 0.803. The Balaban J connectivity index is 2.40. The molecule has 0 bridgehead atoms. The number of nitrogens with one attached hydrogen (secondary N) is 3. The summed E-state index contributed by atoms with van der Waals surface area (Å²) in [5.74, 6) is -2.44. The molecule has 1 rings (SSSR count). The van der Waals surface area contributed by atoms with Crippen molar-refractivity contribution in [1.82, 2.24) is 16.0 Å². The fourth-order valence-electron chi connectivity index (χ4n) is 1.81. The second-order valence-electron chi connectivity index (χ2n) is 5.73. The zero-order valence-corrected chi connectivity index (χ0v) is 14.8. The van der Waals surface area contributed by atoms with Crippen LogP contribution in [0.1, 0.15) is 26.3 Å². The van der Waals surface area contributed by atoms with Crippen molar-refractivity contribution in [3.63, 3.8) is 0 Å². The second kappa shape index (κ2) is 10.0. The van der Waals surface area contributed by atoms with Crippen LogP contribution in [0.25, 0.3) is 0 Å². The predicted molar refractivity (Wildman–Crippen MR) is 92.1 cm³/mol. The Bertz CT molecular complexity index is 649. The maximum Gasteiger partial charge on any atom is 0.408 e. The van der Waals surface area contributed by atoms with Gasteiger partial charge in [0.05, 0.1) is 0 Å². The maximum absolute atomic E-state index is 12.0. The van der Waals surface area contributed by atoms with Crippen LogP contribution in [0.5, 0.6) is 0 Å². The lowest BCUT2D eigenvalue weighted by Gasteiger charge is -2.19. The first-order valence-corrected chi connectivity index (χ1v) is 8.01. The van der Waals surface area contributed by atoms with Crippen LogP contribution in [0, 0.1) is 0 Å². The molecule has 0 heterocycles. The smallest absolute Gasteiger partial charge is 0.408 e. The molecule has 142 valence electrons. The molecular weight excluding hydrogens is 342 g/mol. The van der Waals surface area contributed by atoms with Gasteiger partial charge in [0.15, 0.2) is 0 Å². The number of aliphatic carboxylic acids is 1. The van der Waals surface area contributed by atoms with Gasteiger partial charge >= 0.3 is 12.1 Å². The standard InChI is InChI=1S/C17H23N3O6/c1-10(14(21)19-12(3)16(23)24)18-15(22)11(2)20-17(25)26-9-13-7-5-4-6-8-13/h4-8,10-12H,9H2,1-3H3,(H,18,22)(H,19,21)(H,20,25)(H,23,24)/t10-,11-,12-/m1/s1. The van der Waals surface area contributed by atoms with Crippen molar-refractivity contribution in [3.05, 3.63) is 35.9 Å². The summed E-state index contributed by atoms with van der Waals surface area (Å²) < 4.78 is 5.01. The average Bonchev–Trinajstić information content (AvgIpc) is 2.60. The molecule has 26 heavy (non-hydrogen) atoms. The Morgan fingerprint density at radius 3 is 1.92 bits per heavy atom. The highest BCUT2D eigenvalue weighted by Crippen LogP contribution is 2.00. The number of carbonyl (C=O) groups excluding carboxylic acids is 3. The molecule has 1 aromatic rings. The minimum absolute atomic E-state index is 0.0624. The summed E-state index contributed by atoms with van der Waals surface area (Å²) >= 11 is 0. The van der Waals surface area contributed by atoms with Crippen LogP contribution < -0.4 is 16.0 Å². The number of carboxylic acids is 1. The lowest BCUT2D eigenvalue weighted by Crippen LogP contribution is -2.53. The van der Waals surface area contributed by atoms with E-state index in [4.69, 9.17) is 9.84 Å². The van der Waals surface area contributed by atoms with Crippen LogP contribution in [0.3, 0.4) is 0 Å². The van der Waals surface area contributed by atoms with E-state index in [1.165, 1.54) is 20.8 Å². The molecular formula is C17H23N3O6. The Morgan fingerprint density at radius 2 is 1.38 bits per heavy atom. The Hall–Kier alpha value is -3.10. The van der Waals surface area contributed by atoms with Gasteiger partial charge < -0.3 is 25.8 Å². The van der Waals surface area contributed by atoms with Crippen molar-refractivity contribution in [2.24, 2.45) is 0 Å². The van der Waals surface area contributed by atoms with Gasteiger partial charge in [-0.05, 0) is 26.3 Å². The molecule has 0 aromatic heterocycles. The summed E-state index contributed by atoms with van der Waals surface area (Å²) in [4.78, 5) is 46.2. The van der Waals surface area contributed by atoms with Gasteiger partial charge in [-0.3, -0.25) is 14.4 Å². The topological polar surface area (TPSA) is 134 Å². The van der Waals surface area contributed by atoms with Crippen LogP contribution in [-0.4, -0.2) is 47.1 Å². The van der Waals surface area contributed by atoms with E-state index in [0.29, 0.717) is 0 Å². The lowest BCUT2D eigenvalue weighted by atomic mass is 10.2. The Morgan fingerprint density at radius 1 is 0.885 bits per heavy atom. The van der Waals surface area contributed by atoms with Crippen molar-refractivity contribution in [2.45, 2.75) is 45.5 Å². The number of carbonyl (C=O) groups is 4. The molecule has 9 nitrogen and oxygen atoms in total. The van der Waals surface area contributed by atoms with Gasteiger partial charge in [-0.2, -0.15) is 0 Å². The molecule has 0 radical (unpaired) electrons. The average molecular weight is 365 g/mol. The molecule has 0 saturated carbocycles. The van der Waals surface area contributed by atoms with Crippen LogP contribution in [-0.2, 0) is 25.7 Å². The number of alkyl carbamates (subject to hydrolysis) is 1. The molecule has 1 aromatic carbocycles. The highest BCUT2D eigenvalue weighted by Gasteiger charge is 2.23. The normalized spacial score (nSPS) is 13.7. The molecule has 3 atom stereocenters. The monoisotopic (exact) mass is 365 g/mol. The SMILES string of the molecule is C[C@@H](NC(=O)[C@@H](C)NC(=O)[C@@H](C)NC(=O)OCc1ccccc1)C(=O)O. The zero-order chi connectivity index (χ0) is 19.7. The lowest BCUT2D eigenvalue weighted by molar-refractivity contribution is -0.141. The van der Waals surface area contributed by atoms with E-state index in [-0.39, 0.29) is 6.61 Å². The quantitative estimate of drug-likeness (QED) is 0.527. The third kappa shape index (κ3) is 7.20. The number of amides is 3.